The third-order valence-corrected chi connectivity index (χ3v) is 11.2. The molecule has 2 aliphatic carbocycles. The minimum absolute atomic E-state index is 0.126. The highest BCUT2D eigenvalue weighted by Gasteiger charge is 2.59. The molecule has 2 aromatic heterocycles. The number of halogens is 1. The average Bonchev–Trinajstić information content (AvgIpc) is 3.34. The van der Waals surface area contributed by atoms with Gasteiger partial charge in [-0.3, -0.25) is 9.78 Å². The van der Waals surface area contributed by atoms with E-state index in [0.717, 1.165) is 11.3 Å². The second kappa shape index (κ2) is 9.19. The van der Waals surface area contributed by atoms with E-state index < -0.39 is 20.0 Å². The lowest BCUT2D eigenvalue weighted by Crippen LogP contribution is -2.55. The number of Topliss-reactive ketones (excluding diaryl/α,β-unsaturated/α-hetero) is 1. The highest BCUT2D eigenvalue weighted by Crippen LogP contribution is 2.56. The molecule has 0 radical (unpaired) electrons. The number of sulfone groups is 1. The van der Waals surface area contributed by atoms with Gasteiger partial charge in [0.25, 0.3) is 0 Å². The van der Waals surface area contributed by atoms with Gasteiger partial charge in [-0.05, 0) is 94.0 Å². The van der Waals surface area contributed by atoms with Crippen LogP contribution in [0.3, 0.4) is 0 Å². The Morgan fingerprint density at radius 3 is 2.49 bits per heavy atom. The second-order valence-electron chi connectivity index (χ2n) is 11.1. The SMILES string of the molecule is Cc1ccc(S(=O)(=O)[C@@]2(C)CCC3Cc4c(nnn4-c4ccc(F)cc4)C[C@]3(C(=O)c3ccccn3)C2)cc1. The molecule has 2 heterocycles. The molecule has 1 fully saturated rings. The maximum atomic E-state index is 14.3. The molecule has 0 bridgehead atoms. The van der Waals surface area contributed by atoms with Gasteiger partial charge in [0.1, 0.15) is 11.5 Å². The fraction of sp³-hybridized carbons (Fsp3) is 0.333. The summed E-state index contributed by atoms with van der Waals surface area (Å²) < 4.78 is 42.3. The molecule has 0 N–H and O–H groups in total. The van der Waals surface area contributed by atoms with Crippen molar-refractivity contribution in [3.8, 4) is 5.69 Å². The first-order chi connectivity index (χ1) is 18.6. The van der Waals surface area contributed by atoms with Crippen molar-refractivity contribution in [3.63, 3.8) is 0 Å². The number of pyridine rings is 1. The van der Waals surface area contributed by atoms with Crippen molar-refractivity contribution in [3.05, 3.63) is 101 Å². The zero-order valence-electron chi connectivity index (χ0n) is 21.8. The Morgan fingerprint density at radius 1 is 1.05 bits per heavy atom. The topological polar surface area (TPSA) is 94.8 Å². The number of nitrogens with zero attached hydrogens (tertiary/aromatic N) is 4. The van der Waals surface area contributed by atoms with Crippen molar-refractivity contribution in [2.24, 2.45) is 11.3 Å². The van der Waals surface area contributed by atoms with E-state index >= 15 is 0 Å². The fourth-order valence-electron chi connectivity index (χ4n) is 6.49. The summed E-state index contributed by atoms with van der Waals surface area (Å²) in [6.45, 7) is 3.69. The van der Waals surface area contributed by atoms with Crippen molar-refractivity contribution in [2.45, 2.75) is 55.6 Å². The Bertz CT molecular complexity index is 1650. The quantitative estimate of drug-likeness (QED) is 0.324. The number of carbonyl (C=O) groups excluding carboxylic acids is 1. The van der Waals surface area contributed by atoms with E-state index in [1.54, 1.807) is 72.4 Å². The standard InChI is InChI=1S/C30H29FN4O3S/c1-20-6-12-24(13-7-20)39(37,38)29(2)15-14-21-17-27-26(33-34-35(27)23-10-8-22(31)9-11-23)18-30(21,19-29)28(36)25-5-3-4-16-32-25/h3-13,16,21H,14-15,17-19H2,1-2H3/t21?,29-,30-/m0/s1. The molecule has 9 heteroatoms. The monoisotopic (exact) mass is 544 g/mol. The number of carbonyl (C=O) groups is 1. The van der Waals surface area contributed by atoms with Gasteiger partial charge in [-0.25, -0.2) is 17.5 Å². The molecule has 1 unspecified atom stereocenters. The van der Waals surface area contributed by atoms with Gasteiger partial charge in [0.15, 0.2) is 15.6 Å². The number of hydrogen-bond donors (Lipinski definition) is 0. The van der Waals surface area contributed by atoms with Gasteiger partial charge in [0, 0.05) is 18.0 Å². The molecular weight excluding hydrogens is 515 g/mol. The predicted molar refractivity (Wildman–Crippen MR) is 144 cm³/mol. The van der Waals surface area contributed by atoms with Crippen molar-refractivity contribution >= 4 is 15.6 Å². The summed E-state index contributed by atoms with van der Waals surface area (Å²) in [6.07, 6.45) is 3.51. The van der Waals surface area contributed by atoms with Gasteiger partial charge < -0.3 is 0 Å². The molecule has 1 saturated carbocycles. The second-order valence-corrected chi connectivity index (χ2v) is 13.6. The fourth-order valence-corrected chi connectivity index (χ4v) is 8.38. The zero-order chi connectivity index (χ0) is 27.4. The van der Waals surface area contributed by atoms with Gasteiger partial charge in [-0.2, -0.15) is 0 Å². The Balaban J connectivity index is 1.45. The normalized spacial score (nSPS) is 24.5. The number of aromatic nitrogens is 4. The van der Waals surface area contributed by atoms with Crippen LogP contribution in [0.5, 0.6) is 0 Å². The van der Waals surface area contributed by atoms with Crippen LogP contribution >= 0.6 is 0 Å². The van der Waals surface area contributed by atoms with E-state index in [0.29, 0.717) is 36.3 Å². The van der Waals surface area contributed by atoms with Crippen LogP contribution in [0.25, 0.3) is 5.69 Å². The van der Waals surface area contributed by atoms with E-state index in [1.807, 2.05) is 6.92 Å². The molecule has 0 saturated heterocycles. The number of rotatable bonds is 5. The van der Waals surface area contributed by atoms with Crippen LogP contribution in [0, 0.1) is 24.1 Å². The molecule has 0 aliphatic heterocycles. The largest absolute Gasteiger partial charge is 0.292 e. The Labute approximate surface area is 227 Å². The minimum Gasteiger partial charge on any atom is -0.292 e. The summed E-state index contributed by atoms with van der Waals surface area (Å²) in [7, 11) is -3.75. The highest BCUT2D eigenvalue weighted by atomic mass is 32.2. The maximum Gasteiger partial charge on any atom is 0.188 e. The summed E-state index contributed by atoms with van der Waals surface area (Å²) in [4.78, 5) is 19.0. The van der Waals surface area contributed by atoms with Crippen LogP contribution < -0.4 is 0 Å². The summed E-state index contributed by atoms with van der Waals surface area (Å²) in [6, 6.07) is 18.2. The van der Waals surface area contributed by atoms with Crippen molar-refractivity contribution < 1.29 is 17.6 Å². The van der Waals surface area contributed by atoms with Crippen LogP contribution in [0.15, 0.2) is 77.8 Å². The number of aryl methyl sites for hydroxylation is 1. The van der Waals surface area contributed by atoms with Gasteiger partial charge in [-0.15, -0.1) is 5.10 Å². The van der Waals surface area contributed by atoms with Crippen molar-refractivity contribution in [2.75, 3.05) is 0 Å². The summed E-state index contributed by atoms with van der Waals surface area (Å²) in [5.41, 5.74) is 2.53. The number of ketones is 1. The number of benzene rings is 2. The van der Waals surface area contributed by atoms with Gasteiger partial charge in [-0.1, -0.05) is 29.0 Å². The van der Waals surface area contributed by atoms with Crippen LogP contribution in [0.2, 0.25) is 0 Å². The third-order valence-electron chi connectivity index (χ3n) is 8.66. The predicted octanol–water partition coefficient (Wildman–Crippen LogP) is 5.11. The molecule has 3 atom stereocenters. The minimum atomic E-state index is -3.75. The summed E-state index contributed by atoms with van der Waals surface area (Å²) >= 11 is 0. The van der Waals surface area contributed by atoms with Crippen LogP contribution in [0.4, 0.5) is 4.39 Å². The van der Waals surface area contributed by atoms with Crippen LogP contribution in [-0.4, -0.2) is 38.9 Å². The average molecular weight is 545 g/mol. The lowest BCUT2D eigenvalue weighted by Gasteiger charge is -2.51. The highest BCUT2D eigenvalue weighted by molar-refractivity contribution is 7.92. The van der Waals surface area contributed by atoms with E-state index in [1.165, 1.54) is 12.1 Å². The van der Waals surface area contributed by atoms with E-state index in [4.69, 9.17) is 0 Å². The molecule has 0 spiro atoms. The zero-order valence-corrected chi connectivity index (χ0v) is 22.7. The lowest BCUT2D eigenvalue weighted by atomic mass is 9.55. The van der Waals surface area contributed by atoms with Gasteiger partial charge in [0.2, 0.25) is 0 Å². The molecule has 2 aliphatic rings. The number of fused-ring (bicyclic) bond motifs is 2. The van der Waals surface area contributed by atoms with E-state index in [-0.39, 0.29) is 35.3 Å². The number of hydrogen-bond acceptors (Lipinski definition) is 6. The molecule has 7 nitrogen and oxygen atoms in total. The Morgan fingerprint density at radius 2 is 1.79 bits per heavy atom. The van der Waals surface area contributed by atoms with E-state index in [2.05, 4.69) is 15.3 Å². The first kappa shape index (κ1) is 25.6. The molecule has 0 amide bonds. The molecule has 4 aromatic rings. The van der Waals surface area contributed by atoms with E-state index in [9.17, 15) is 17.6 Å². The van der Waals surface area contributed by atoms with Crippen molar-refractivity contribution in [1.29, 1.82) is 0 Å². The van der Waals surface area contributed by atoms with Crippen LogP contribution in [0.1, 0.15) is 53.6 Å². The van der Waals surface area contributed by atoms with Gasteiger partial charge >= 0.3 is 0 Å². The maximum absolute atomic E-state index is 14.3. The van der Waals surface area contributed by atoms with Gasteiger partial charge in [0.05, 0.1) is 26.7 Å². The molecular formula is C30H29FN4O3S. The first-order valence-electron chi connectivity index (χ1n) is 13.1. The molecule has 39 heavy (non-hydrogen) atoms. The smallest absolute Gasteiger partial charge is 0.188 e. The summed E-state index contributed by atoms with van der Waals surface area (Å²) in [5.74, 6) is -0.618. The van der Waals surface area contributed by atoms with Crippen LogP contribution in [-0.2, 0) is 22.7 Å². The lowest BCUT2D eigenvalue weighted by molar-refractivity contribution is 0.0403. The third kappa shape index (κ3) is 4.11. The molecule has 2 aromatic carbocycles. The Kier molecular flexibility index (Phi) is 6.02. The summed E-state index contributed by atoms with van der Waals surface area (Å²) in [5, 5.41) is 8.80. The first-order valence-corrected chi connectivity index (χ1v) is 14.6. The molecule has 6 rings (SSSR count). The van der Waals surface area contributed by atoms with Crippen molar-refractivity contribution in [1.82, 2.24) is 20.0 Å². The Hall–Kier alpha value is -3.72. The molecule has 200 valence electrons.